The number of carbonyl (C=O) groups excluding carboxylic acids is 1. The number of nitrogens with zero attached hydrogens (tertiary/aromatic N) is 2. The number of nitrogens with one attached hydrogen (secondary N) is 1. The fourth-order valence-electron chi connectivity index (χ4n) is 1.31. The van der Waals surface area contributed by atoms with Crippen molar-refractivity contribution in [3.05, 3.63) is 34.4 Å². The summed E-state index contributed by atoms with van der Waals surface area (Å²) in [4.78, 5) is 21.0. The summed E-state index contributed by atoms with van der Waals surface area (Å²) >= 11 is 0. The second-order valence-corrected chi connectivity index (χ2v) is 3.18. The Labute approximate surface area is 90.7 Å². The molecular formula is C9H9N3O4. The number of non-ortho nitro benzene ring substituents is 1. The summed E-state index contributed by atoms with van der Waals surface area (Å²) in [5, 5.41) is 11.7. The Bertz CT molecular complexity index is 417. The van der Waals surface area contributed by atoms with Gasteiger partial charge in [0.15, 0.2) is 0 Å². The summed E-state index contributed by atoms with van der Waals surface area (Å²) < 4.78 is 4.72. The largest absolute Gasteiger partial charge is 0.446 e. The lowest BCUT2D eigenvalue weighted by Gasteiger charge is -2.14. The standard InChI is InChI=1S/C9H9N3O4/c13-9-11(5-6-16-9)10-7-1-3-8(4-2-7)12(14)15/h1-4,10H,5-6H2. The van der Waals surface area contributed by atoms with Gasteiger partial charge in [-0.3, -0.25) is 15.5 Å². The van der Waals surface area contributed by atoms with Crippen molar-refractivity contribution >= 4 is 17.5 Å². The Balaban J connectivity index is 2.05. The van der Waals surface area contributed by atoms with Gasteiger partial charge < -0.3 is 4.74 Å². The molecule has 1 aliphatic rings. The highest BCUT2D eigenvalue weighted by Gasteiger charge is 2.21. The maximum absolute atomic E-state index is 11.1. The monoisotopic (exact) mass is 223 g/mol. The number of hydrogen-bond acceptors (Lipinski definition) is 5. The molecule has 84 valence electrons. The highest BCUT2D eigenvalue weighted by Crippen LogP contribution is 2.16. The van der Waals surface area contributed by atoms with E-state index in [1.807, 2.05) is 0 Å². The molecule has 7 heteroatoms. The molecule has 16 heavy (non-hydrogen) atoms. The van der Waals surface area contributed by atoms with Crippen molar-refractivity contribution in [3.63, 3.8) is 0 Å². The molecule has 0 spiro atoms. The minimum absolute atomic E-state index is 0.00884. The zero-order chi connectivity index (χ0) is 11.5. The number of hydrazine groups is 1. The number of ether oxygens (including phenoxy) is 1. The lowest BCUT2D eigenvalue weighted by Crippen LogP contribution is -2.30. The van der Waals surface area contributed by atoms with Gasteiger partial charge in [0, 0.05) is 12.1 Å². The Hall–Kier alpha value is -2.31. The number of anilines is 1. The third-order valence-electron chi connectivity index (χ3n) is 2.10. The van der Waals surface area contributed by atoms with Crippen molar-refractivity contribution < 1.29 is 14.5 Å². The first kappa shape index (κ1) is 10.2. The van der Waals surface area contributed by atoms with Crippen LogP contribution in [0.15, 0.2) is 24.3 Å². The zero-order valence-electron chi connectivity index (χ0n) is 8.25. The van der Waals surface area contributed by atoms with Crippen LogP contribution in [-0.2, 0) is 4.74 Å². The number of cyclic esters (lactones) is 1. The third kappa shape index (κ3) is 2.02. The van der Waals surface area contributed by atoms with Crippen LogP contribution in [-0.4, -0.2) is 29.2 Å². The molecule has 1 saturated heterocycles. The van der Waals surface area contributed by atoms with Gasteiger partial charge in [-0.05, 0) is 12.1 Å². The highest BCUT2D eigenvalue weighted by molar-refractivity contribution is 5.71. The third-order valence-corrected chi connectivity index (χ3v) is 2.10. The van der Waals surface area contributed by atoms with Crippen LogP contribution >= 0.6 is 0 Å². The van der Waals surface area contributed by atoms with E-state index in [0.717, 1.165) is 0 Å². The fraction of sp³-hybridized carbons (Fsp3) is 0.222. The number of carbonyl (C=O) groups is 1. The van der Waals surface area contributed by atoms with Gasteiger partial charge in [0.05, 0.1) is 17.2 Å². The first-order valence-corrected chi connectivity index (χ1v) is 4.62. The summed E-state index contributed by atoms with van der Waals surface area (Å²) in [7, 11) is 0. The summed E-state index contributed by atoms with van der Waals surface area (Å²) in [5.74, 6) is 0. The molecule has 0 aromatic heterocycles. The van der Waals surface area contributed by atoms with E-state index in [4.69, 9.17) is 4.74 Å². The highest BCUT2D eigenvalue weighted by atomic mass is 16.6. The van der Waals surface area contributed by atoms with Gasteiger partial charge in [0.1, 0.15) is 6.61 Å². The maximum Gasteiger partial charge on any atom is 0.428 e. The molecule has 1 N–H and O–H groups in total. The van der Waals surface area contributed by atoms with Gasteiger partial charge in [0.25, 0.3) is 5.69 Å². The number of nitro groups is 1. The average molecular weight is 223 g/mol. The van der Waals surface area contributed by atoms with Crippen LogP contribution < -0.4 is 5.43 Å². The van der Waals surface area contributed by atoms with E-state index >= 15 is 0 Å². The van der Waals surface area contributed by atoms with Crippen molar-refractivity contribution in [2.24, 2.45) is 0 Å². The number of nitro benzene ring substituents is 1. The van der Waals surface area contributed by atoms with Crippen molar-refractivity contribution in [2.75, 3.05) is 18.6 Å². The van der Waals surface area contributed by atoms with Gasteiger partial charge in [-0.25, -0.2) is 9.80 Å². The molecule has 0 radical (unpaired) electrons. The molecule has 2 rings (SSSR count). The minimum atomic E-state index is -0.478. The number of benzene rings is 1. The van der Waals surface area contributed by atoms with E-state index in [-0.39, 0.29) is 5.69 Å². The van der Waals surface area contributed by atoms with Gasteiger partial charge in [0.2, 0.25) is 0 Å². The van der Waals surface area contributed by atoms with Gasteiger partial charge in [-0.1, -0.05) is 0 Å². The Morgan fingerprint density at radius 3 is 2.56 bits per heavy atom. The van der Waals surface area contributed by atoms with Gasteiger partial charge in [-0.15, -0.1) is 0 Å². The van der Waals surface area contributed by atoms with Crippen LogP contribution in [0.25, 0.3) is 0 Å². The van der Waals surface area contributed by atoms with Crippen molar-refractivity contribution in [3.8, 4) is 0 Å². The van der Waals surface area contributed by atoms with Gasteiger partial charge >= 0.3 is 6.09 Å². The Kier molecular flexibility index (Phi) is 2.59. The van der Waals surface area contributed by atoms with E-state index in [2.05, 4.69) is 5.43 Å². The summed E-state index contributed by atoms with van der Waals surface area (Å²) in [5.41, 5.74) is 3.40. The molecule has 1 fully saturated rings. The predicted molar refractivity (Wildman–Crippen MR) is 54.8 cm³/mol. The Morgan fingerprint density at radius 2 is 2.06 bits per heavy atom. The summed E-state index contributed by atoms with van der Waals surface area (Å²) in [6.07, 6.45) is -0.446. The van der Waals surface area contributed by atoms with Crippen LogP contribution in [0.3, 0.4) is 0 Å². The predicted octanol–water partition coefficient (Wildman–Crippen LogP) is 1.37. The van der Waals surface area contributed by atoms with Crippen LogP contribution in [0, 0.1) is 10.1 Å². The van der Waals surface area contributed by atoms with E-state index in [1.54, 1.807) is 0 Å². The molecule has 1 aliphatic heterocycles. The summed E-state index contributed by atoms with van der Waals surface area (Å²) in [6, 6.07) is 5.79. The molecule has 1 aromatic carbocycles. The Morgan fingerprint density at radius 1 is 1.38 bits per heavy atom. The molecule has 1 heterocycles. The van der Waals surface area contributed by atoms with E-state index in [0.29, 0.717) is 18.8 Å². The molecule has 0 aliphatic carbocycles. The molecule has 0 unspecified atom stereocenters. The molecule has 1 amide bonds. The SMILES string of the molecule is O=C1OCCN1Nc1ccc([N+](=O)[O-])cc1. The summed E-state index contributed by atoms with van der Waals surface area (Å²) in [6.45, 7) is 0.800. The maximum atomic E-state index is 11.1. The van der Waals surface area contributed by atoms with Crippen LogP contribution in [0.1, 0.15) is 0 Å². The quantitative estimate of drug-likeness (QED) is 0.618. The first-order chi connectivity index (χ1) is 7.66. The van der Waals surface area contributed by atoms with Crippen LogP contribution in [0.4, 0.5) is 16.2 Å². The lowest BCUT2D eigenvalue weighted by atomic mass is 10.3. The number of amides is 1. The van der Waals surface area contributed by atoms with E-state index in [9.17, 15) is 14.9 Å². The molecular weight excluding hydrogens is 214 g/mol. The van der Waals surface area contributed by atoms with Crippen LogP contribution in [0.2, 0.25) is 0 Å². The van der Waals surface area contributed by atoms with Crippen molar-refractivity contribution in [1.82, 2.24) is 5.01 Å². The molecule has 0 saturated carbocycles. The minimum Gasteiger partial charge on any atom is -0.446 e. The smallest absolute Gasteiger partial charge is 0.428 e. The van der Waals surface area contributed by atoms with E-state index in [1.165, 1.54) is 29.3 Å². The first-order valence-electron chi connectivity index (χ1n) is 4.62. The van der Waals surface area contributed by atoms with Gasteiger partial charge in [-0.2, -0.15) is 0 Å². The molecule has 0 bridgehead atoms. The number of hydrogen-bond donors (Lipinski definition) is 1. The molecule has 0 atom stereocenters. The molecule has 1 aromatic rings. The van der Waals surface area contributed by atoms with Crippen LogP contribution in [0.5, 0.6) is 0 Å². The van der Waals surface area contributed by atoms with Crippen molar-refractivity contribution in [2.45, 2.75) is 0 Å². The second-order valence-electron chi connectivity index (χ2n) is 3.18. The average Bonchev–Trinajstić information content (AvgIpc) is 2.65. The topological polar surface area (TPSA) is 84.7 Å². The van der Waals surface area contributed by atoms with E-state index < -0.39 is 11.0 Å². The second kappa shape index (κ2) is 4.05. The normalized spacial score (nSPS) is 14.8. The fourth-order valence-corrected chi connectivity index (χ4v) is 1.31. The zero-order valence-corrected chi connectivity index (χ0v) is 8.25. The number of rotatable bonds is 3. The van der Waals surface area contributed by atoms with Crippen molar-refractivity contribution in [1.29, 1.82) is 0 Å². The molecule has 7 nitrogen and oxygen atoms in total. The lowest BCUT2D eigenvalue weighted by molar-refractivity contribution is -0.384.